The molecule has 0 spiro atoms. The van der Waals surface area contributed by atoms with Crippen molar-refractivity contribution in [1.29, 1.82) is 0 Å². The van der Waals surface area contributed by atoms with Gasteiger partial charge in [0.05, 0.1) is 11.8 Å². The van der Waals surface area contributed by atoms with Crippen LogP contribution in [-0.2, 0) is 9.59 Å². The Kier molecular flexibility index (Phi) is 7.35. The predicted octanol–water partition coefficient (Wildman–Crippen LogP) is 5.00. The highest BCUT2D eigenvalue weighted by atomic mass is 35.5. The van der Waals surface area contributed by atoms with Crippen molar-refractivity contribution >= 4 is 70.2 Å². The summed E-state index contributed by atoms with van der Waals surface area (Å²) in [6.45, 7) is 0. The SMILES string of the molecule is FC(F)(F)F.O=C1C2CC=CCC2C(=O)N1SC(Cl)(Cl)C(Cl)Cl. The zero-order valence-corrected chi connectivity index (χ0v) is 14.8. The average molecular weight is 437 g/mol. The Bertz CT molecular complexity index is 469. The lowest BCUT2D eigenvalue weighted by Crippen LogP contribution is -2.31. The molecule has 2 aliphatic rings. The molecular weight excluding hydrogens is 428 g/mol. The minimum atomic E-state index is -5.50. The first-order valence-electron chi connectivity index (χ1n) is 5.98. The van der Waals surface area contributed by atoms with Gasteiger partial charge in [-0.2, -0.15) is 0 Å². The van der Waals surface area contributed by atoms with Crippen LogP contribution in [0.2, 0.25) is 0 Å². The van der Waals surface area contributed by atoms with Crippen LogP contribution in [0.4, 0.5) is 17.6 Å². The van der Waals surface area contributed by atoms with Gasteiger partial charge in [0, 0.05) is 11.9 Å². The number of nitrogens with zero attached hydrogens (tertiary/aromatic N) is 1. The minimum absolute atomic E-state index is 0.279. The number of carbonyl (C=O) groups is 2. The summed E-state index contributed by atoms with van der Waals surface area (Å²) in [5.41, 5.74) is 0. The van der Waals surface area contributed by atoms with Gasteiger partial charge in [-0.15, -0.1) is 40.8 Å². The molecule has 0 saturated carbocycles. The zero-order chi connectivity index (χ0) is 18.0. The monoisotopic (exact) mass is 435 g/mol. The van der Waals surface area contributed by atoms with E-state index in [1.54, 1.807) is 0 Å². The number of hydrogen-bond donors (Lipinski definition) is 0. The fraction of sp³-hybridized carbons (Fsp3) is 0.636. The molecule has 2 atom stereocenters. The number of carbonyl (C=O) groups excluding carboxylic acids is 2. The quantitative estimate of drug-likeness (QED) is 0.205. The second kappa shape index (κ2) is 7.99. The Labute approximate surface area is 153 Å². The first-order valence-corrected chi connectivity index (χ1v) is 8.38. The van der Waals surface area contributed by atoms with E-state index in [1.165, 1.54) is 0 Å². The number of amides is 2. The maximum absolute atomic E-state index is 12.1. The summed E-state index contributed by atoms with van der Waals surface area (Å²) >= 11 is 23.7. The lowest BCUT2D eigenvalue weighted by atomic mass is 9.85. The molecule has 0 N–H and O–H groups in total. The highest BCUT2D eigenvalue weighted by Crippen LogP contribution is 2.48. The molecule has 0 bridgehead atoms. The van der Waals surface area contributed by atoms with E-state index in [2.05, 4.69) is 0 Å². The van der Waals surface area contributed by atoms with E-state index in [0.717, 1.165) is 4.31 Å². The zero-order valence-electron chi connectivity index (χ0n) is 11.0. The second-order valence-corrected chi connectivity index (χ2v) is 8.63. The third kappa shape index (κ3) is 6.16. The van der Waals surface area contributed by atoms with Crippen LogP contribution in [0, 0.1) is 11.8 Å². The van der Waals surface area contributed by atoms with Crippen LogP contribution < -0.4 is 0 Å². The molecule has 2 amide bonds. The lowest BCUT2D eigenvalue weighted by Gasteiger charge is -2.24. The lowest BCUT2D eigenvalue weighted by molar-refractivity contribution is -0.237. The molecule has 1 aliphatic carbocycles. The van der Waals surface area contributed by atoms with Gasteiger partial charge in [-0.05, 0) is 12.8 Å². The first-order chi connectivity index (χ1) is 10.3. The summed E-state index contributed by atoms with van der Waals surface area (Å²) in [5.74, 6) is -1.19. The summed E-state index contributed by atoms with van der Waals surface area (Å²) in [6.07, 6.45) is -0.563. The molecular formula is C11H9Cl4F4NO2S. The smallest absolute Gasteiger partial charge is 0.273 e. The molecule has 0 aromatic rings. The van der Waals surface area contributed by atoms with Gasteiger partial charge in [0.25, 0.3) is 0 Å². The number of halogens is 8. The molecule has 1 aliphatic heterocycles. The Morgan fingerprint density at radius 2 is 1.39 bits per heavy atom. The predicted molar refractivity (Wildman–Crippen MR) is 81.9 cm³/mol. The molecule has 23 heavy (non-hydrogen) atoms. The molecule has 0 radical (unpaired) electrons. The largest absolute Gasteiger partial charge is 0.559 e. The summed E-state index contributed by atoms with van der Waals surface area (Å²) in [4.78, 5) is 23.1. The van der Waals surface area contributed by atoms with Crippen molar-refractivity contribution in [2.24, 2.45) is 11.8 Å². The van der Waals surface area contributed by atoms with E-state index < -0.39 is 14.9 Å². The average Bonchev–Trinajstić information content (AvgIpc) is 2.62. The molecule has 3 nitrogen and oxygen atoms in total. The van der Waals surface area contributed by atoms with E-state index in [-0.39, 0.29) is 23.7 Å². The van der Waals surface area contributed by atoms with Crippen LogP contribution >= 0.6 is 58.4 Å². The van der Waals surface area contributed by atoms with Crippen LogP contribution in [0.1, 0.15) is 12.8 Å². The maximum Gasteiger partial charge on any atom is 0.559 e. The molecule has 2 unspecified atom stereocenters. The summed E-state index contributed by atoms with van der Waals surface area (Å²) in [6, 6.07) is 0. The van der Waals surface area contributed by atoms with E-state index >= 15 is 0 Å². The van der Waals surface area contributed by atoms with Crippen molar-refractivity contribution in [2.45, 2.75) is 27.8 Å². The van der Waals surface area contributed by atoms with Gasteiger partial charge in [0.2, 0.25) is 15.5 Å². The van der Waals surface area contributed by atoms with Gasteiger partial charge < -0.3 is 0 Å². The Morgan fingerprint density at radius 3 is 1.70 bits per heavy atom. The fourth-order valence-electron chi connectivity index (χ4n) is 2.02. The normalized spacial score (nSPS) is 24.7. The van der Waals surface area contributed by atoms with Crippen LogP contribution in [0.3, 0.4) is 0 Å². The van der Waals surface area contributed by atoms with Crippen molar-refractivity contribution in [3.8, 4) is 0 Å². The molecule has 12 heteroatoms. The number of alkyl halides is 8. The third-order valence-electron chi connectivity index (χ3n) is 2.93. The van der Waals surface area contributed by atoms with Gasteiger partial charge in [0.15, 0.2) is 4.84 Å². The number of allylic oxidation sites excluding steroid dienone is 2. The highest BCUT2D eigenvalue weighted by molar-refractivity contribution is 8.02. The number of imide groups is 1. The first kappa shape index (κ1) is 21.2. The van der Waals surface area contributed by atoms with E-state index in [0.29, 0.717) is 24.8 Å². The standard InChI is InChI=1S/C10H9Cl4NO2S.CF4/c11-9(12)10(13,14)18-15-7(16)5-3-1-2-4-6(5)8(15)17;2-1(3,4)5/h1-2,5-6,9H,3-4H2;. The van der Waals surface area contributed by atoms with Gasteiger partial charge >= 0.3 is 6.43 Å². The topological polar surface area (TPSA) is 37.4 Å². The highest BCUT2D eigenvalue weighted by Gasteiger charge is 2.51. The Balaban J connectivity index is 0.000000463. The minimum Gasteiger partial charge on any atom is -0.273 e. The number of rotatable bonds is 3. The van der Waals surface area contributed by atoms with Crippen LogP contribution in [0.15, 0.2) is 12.2 Å². The summed E-state index contributed by atoms with van der Waals surface area (Å²) < 4.78 is 38.1. The molecule has 0 aromatic heterocycles. The van der Waals surface area contributed by atoms with Crippen LogP contribution in [0.25, 0.3) is 0 Å². The molecule has 132 valence electrons. The van der Waals surface area contributed by atoms with E-state index in [1.807, 2.05) is 12.2 Å². The number of fused-ring (bicyclic) bond motifs is 1. The third-order valence-corrected chi connectivity index (χ3v) is 6.17. The van der Waals surface area contributed by atoms with Crippen LogP contribution in [0.5, 0.6) is 0 Å². The van der Waals surface area contributed by atoms with Crippen molar-refractivity contribution < 1.29 is 27.2 Å². The van der Waals surface area contributed by atoms with E-state index in [9.17, 15) is 27.2 Å². The number of hydrogen-bond acceptors (Lipinski definition) is 3. The van der Waals surface area contributed by atoms with Gasteiger partial charge in [-0.25, -0.2) is 4.31 Å². The van der Waals surface area contributed by atoms with Gasteiger partial charge in [-0.1, -0.05) is 35.4 Å². The summed E-state index contributed by atoms with van der Waals surface area (Å²) in [7, 11) is 0. The van der Waals surface area contributed by atoms with E-state index in [4.69, 9.17) is 46.4 Å². The fourth-order valence-corrected chi connectivity index (χ4v) is 3.45. The van der Waals surface area contributed by atoms with Crippen molar-refractivity contribution in [3.63, 3.8) is 0 Å². The van der Waals surface area contributed by atoms with Crippen molar-refractivity contribution in [2.75, 3.05) is 0 Å². The van der Waals surface area contributed by atoms with Gasteiger partial charge in [-0.3, -0.25) is 9.59 Å². The van der Waals surface area contributed by atoms with Crippen LogP contribution in [-0.4, -0.2) is 31.1 Å². The molecule has 1 saturated heterocycles. The molecule has 1 fully saturated rings. The molecule has 1 heterocycles. The van der Waals surface area contributed by atoms with Gasteiger partial charge in [0.1, 0.15) is 0 Å². The second-order valence-electron chi connectivity index (χ2n) is 4.51. The molecule has 2 rings (SSSR count). The van der Waals surface area contributed by atoms with Crippen molar-refractivity contribution in [3.05, 3.63) is 12.2 Å². The Morgan fingerprint density at radius 1 is 1.04 bits per heavy atom. The maximum atomic E-state index is 12.1. The molecule has 0 aromatic carbocycles. The Hall–Kier alpha value is 0.110. The summed E-state index contributed by atoms with van der Waals surface area (Å²) in [5, 5.41) is 0. The van der Waals surface area contributed by atoms with Crippen molar-refractivity contribution in [1.82, 2.24) is 4.31 Å².